The number of hydrogen-bond donors (Lipinski definition) is 1. The van der Waals surface area contributed by atoms with E-state index >= 15 is 0 Å². The molecule has 0 spiro atoms. The van der Waals surface area contributed by atoms with E-state index in [9.17, 15) is 0 Å². The van der Waals surface area contributed by atoms with Gasteiger partial charge < -0.3 is 4.74 Å². The lowest BCUT2D eigenvalue weighted by Crippen LogP contribution is -2.44. The average molecular weight is 423 g/mol. The predicted molar refractivity (Wildman–Crippen MR) is 125 cm³/mol. The summed E-state index contributed by atoms with van der Waals surface area (Å²) in [5, 5.41) is 2.86. The molecule has 0 amide bonds. The molecule has 2 aromatic rings. The van der Waals surface area contributed by atoms with Gasteiger partial charge in [-0.15, -0.1) is 11.8 Å². The first kappa shape index (κ1) is 20.4. The number of fused-ring (bicyclic) bond motifs is 1. The molecule has 0 radical (unpaired) electrons. The zero-order valence-electron chi connectivity index (χ0n) is 17.9. The van der Waals surface area contributed by atoms with E-state index in [2.05, 4.69) is 59.2 Å². The molecule has 2 N–H and O–H groups in total. The number of nitrogens with zero attached hydrogens (tertiary/aromatic N) is 1. The van der Waals surface area contributed by atoms with Crippen LogP contribution in [0, 0.1) is 5.92 Å². The van der Waals surface area contributed by atoms with Gasteiger partial charge in [0, 0.05) is 23.1 Å². The van der Waals surface area contributed by atoms with Crippen LogP contribution >= 0.6 is 11.8 Å². The van der Waals surface area contributed by atoms with Crippen molar-refractivity contribution >= 4 is 11.8 Å². The maximum Gasteiger partial charge on any atom is 0.125 e. The molecule has 0 bridgehead atoms. The molecular formula is C26H34N2OS. The first-order chi connectivity index (χ1) is 14.8. The minimum absolute atomic E-state index is 0.284. The van der Waals surface area contributed by atoms with Crippen molar-refractivity contribution in [2.24, 2.45) is 11.8 Å². The molecule has 1 aliphatic carbocycles. The van der Waals surface area contributed by atoms with E-state index < -0.39 is 0 Å². The Bertz CT molecular complexity index is 850. The summed E-state index contributed by atoms with van der Waals surface area (Å²) in [4.78, 5) is 1.46. The Balaban J connectivity index is 1.41. The van der Waals surface area contributed by atoms with Crippen LogP contribution in [0.4, 0.5) is 0 Å². The summed E-state index contributed by atoms with van der Waals surface area (Å²) in [5.74, 6) is 8.21. The van der Waals surface area contributed by atoms with Crippen molar-refractivity contribution in [2.45, 2.75) is 74.0 Å². The van der Waals surface area contributed by atoms with Gasteiger partial charge in [0.1, 0.15) is 5.75 Å². The van der Waals surface area contributed by atoms with Crippen LogP contribution in [0.1, 0.15) is 67.7 Å². The van der Waals surface area contributed by atoms with Crippen molar-refractivity contribution in [3.05, 3.63) is 59.2 Å². The topological polar surface area (TPSA) is 38.5 Å². The van der Waals surface area contributed by atoms with Gasteiger partial charge in [-0.3, -0.25) is 5.84 Å². The molecule has 4 heteroatoms. The second-order valence-electron chi connectivity index (χ2n) is 9.25. The monoisotopic (exact) mass is 422 g/mol. The minimum atomic E-state index is 0.284. The number of hydrazine groups is 1. The largest absolute Gasteiger partial charge is 0.493 e. The summed E-state index contributed by atoms with van der Waals surface area (Å²) in [6, 6.07) is 16.0. The molecule has 2 atom stereocenters. The molecule has 2 aromatic carbocycles. The number of ether oxygens (including phenoxy) is 1. The Morgan fingerprint density at radius 2 is 1.83 bits per heavy atom. The van der Waals surface area contributed by atoms with Crippen LogP contribution in [0.25, 0.3) is 0 Å². The van der Waals surface area contributed by atoms with Gasteiger partial charge in [0.2, 0.25) is 0 Å². The second kappa shape index (κ2) is 9.33. The summed E-state index contributed by atoms with van der Waals surface area (Å²) in [6.07, 6.45) is 11.4. The first-order valence-corrected chi connectivity index (χ1v) is 12.7. The molecule has 1 saturated heterocycles. The smallest absolute Gasteiger partial charge is 0.125 e. The molecule has 1 saturated carbocycles. The molecular weight excluding hydrogens is 388 g/mol. The number of thioether (sulfide) groups is 1. The molecule has 30 heavy (non-hydrogen) atoms. The SMILES string of the molecule is NN1CCC[C@@H](Cc2cc(SC3CCCCC3)cc3c2OCC3)[C@H]1c1ccccc1. The molecule has 160 valence electrons. The molecule has 3 nitrogen and oxygen atoms in total. The number of benzene rings is 2. The first-order valence-electron chi connectivity index (χ1n) is 11.8. The zero-order valence-corrected chi connectivity index (χ0v) is 18.7. The van der Waals surface area contributed by atoms with Gasteiger partial charge >= 0.3 is 0 Å². The fourth-order valence-electron chi connectivity index (χ4n) is 5.67. The van der Waals surface area contributed by atoms with E-state index in [0.29, 0.717) is 5.92 Å². The fraction of sp³-hybridized carbons (Fsp3) is 0.538. The Morgan fingerprint density at radius 1 is 1.00 bits per heavy atom. The standard InChI is InChI=1S/C26H34N2OS/c27-28-14-7-10-20(25(28)19-8-3-1-4-9-19)16-22-18-24(17-21-13-15-29-26(21)22)30-23-11-5-2-6-12-23/h1,3-4,8-9,17-18,20,23,25H,2,5-7,10-16,27H2/t20-,25+/m0/s1. The fourth-order valence-corrected chi connectivity index (χ4v) is 7.04. The van der Waals surface area contributed by atoms with Gasteiger partial charge in [-0.2, -0.15) is 0 Å². The van der Waals surface area contributed by atoms with E-state index in [-0.39, 0.29) is 6.04 Å². The van der Waals surface area contributed by atoms with Gasteiger partial charge in [0.15, 0.2) is 0 Å². The molecule has 0 aromatic heterocycles. The maximum absolute atomic E-state index is 6.52. The molecule has 3 aliphatic rings. The third-order valence-corrected chi connectivity index (χ3v) is 8.42. The van der Waals surface area contributed by atoms with E-state index in [1.807, 2.05) is 0 Å². The Labute approximate surface area is 185 Å². The van der Waals surface area contributed by atoms with E-state index in [1.165, 1.54) is 72.3 Å². The third-order valence-electron chi connectivity index (χ3n) is 7.11. The highest BCUT2D eigenvalue weighted by atomic mass is 32.2. The molecule has 5 rings (SSSR count). The maximum atomic E-state index is 6.52. The van der Waals surface area contributed by atoms with Crippen molar-refractivity contribution in [3.8, 4) is 5.75 Å². The number of hydrogen-bond acceptors (Lipinski definition) is 4. The lowest BCUT2D eigenvalue weighted by Gasteiger charge is -2.39. The molecule has 2 aliphatic heterocycles. The molecule has 0 unspecified atom stereocenters. The van der Waals surface area contributed by atoms with Gasteiger partial charge in [-0.25, -0.2) is 5.01 Å². The molecule has 2 fully saturated rings. The van der Waals surface area contributed by atoms with Crippen LogP contribution in [0.3, 0.4) is 0 Å². The van der Waals surface area contributed by atoms with Crippen LogP contribution in [0.15, 0.2) is 47.4 Å². The Hall–Kier alpha value is -1.49. The summed E-state index contributed by atoms with van der Waals surface area (Å²) >= 11 is 2.11. The van der Waals surface area contributed by atoms with Crippen LogP contribution < -0.4 is 10.6 Å². The minimum Gasteiger partial charge on any atom is -0.493 e. The van der Waals surface area contributed by atoms with Crippen molar-refractivity contribution in [2.75, 3.05) is 13.2 Å². The average Bonchev–Trinajstić information content (AvgIpc) is 3.24. The summed E-state index contributed by atoms with van der Waals surface area (Å²) in [6.45, 7) is 1.80. The lowest BCUT2D eigenvalue weighted by atomic mass is 9.81. The number of rotatable bonds is 5. The van der Waals surface area contributed by atoms with Crippen molar-refractivity contribution in [1.82, 2.24) is 5.01 Å². The van der Waals surface area contributed by atoms with Gasteiger partial charge in [-0.05, 0) is 66.8 Å². The van der Waals surface area contributed by atoms with Crippen LogP contribution in [-0.4, -0.2) is 23.4 Å². The second-order valence-corrected chi connectivity index (χ2v) is 10.6. The molecule has 2 heterocycles. The summed E-state index contributed by atoms with van der Waals surface area (Å²) < 4.78 is 6.13. The highest BCUT2D eigenvalue weighted by Crippen LogP contribution is 2.42. The highest BCUT2D eigenvalue weighted by Gasteiger charge is 2.32. The highest BCUT2D eigenvalue weighted by molar-refractivity contribution is 8.00. The van der Waals surface area contributed by atoms with E-state index in [4.69, 9.17) is 10.6 Å². The predicted octanol–water partition coefficient (Wildman–Crippen LogP) is 5.92. The van der Waals surface area contributed by atoms with Crippen molar-refractivity contribution in [1.29, 1.82) is 0 Å². The van der Waals surface area contributed by atoms with Gasteiger partial charge in [0.05, 0.1) is 12.6 Å². The summed E-state index contributed by atoms with van der Waals surface area (Å²) in [5.41, 5.74) is 4.17. The van der Waals surface area contributed by atoms with Gasteiger partial charge in [0.25, 0.3) is 0 Å². The Morgan fingerprint density at radius 3 is 2.67 bits per heavy atom. The van der Waals surface area contributed by atoms with Crippen LogP contribution in [0.2, 0.25) is 0 Å². The van der Waals surface area contributed by atoms with Gasteiger partial charge in [-0.1, -0.05) is 49.6 Å². The number of piperidine rings is 1. The van der Waals surface area contributed by atoms with Crippen molar-refractivity contribution in [3.63, 3.8) is 0 Å². The quantitative estimate of drug-likeness (QED) is 0.607. The van der Waals surface area contributed by atoms with Crippen LogP contribution in [0.5, 0.6) is 5.75 Å². The van der Waals surface area contributed by atoms with Crippen LogP contribution in [-0.2, 0) is 12.8 Å². The van der Waals surface area contributed by atoms with E-state index in [0.717, 1.165) is 31.2 Å². The van der Waals surface area contributed by atoms with E-state index in [1.54, 1.807) is 0 Å². The number of nitrogens with two attached hydrogens (primary N) is 1. The van der Waals surface area contributed by atoms with Crippen molar-refractivity contribution < 1.29 is 4.74 Å². The third kappa shape index (κ3) is 4.42. The lowest BCUT2D eigenvalue weighted by molar-refractivity contribution is 0.0922. The summed E-state index contributed by atoms with van der Waals surface area (Å²) in [7, 11) is 0. The Kier molecular flexibility index (Phi) is 6.35. The zero-order chi connectivity index (χ0) is 20.3. The normalized spacial score (nSPS) is 25.1.